The van der Waals surface area contributed by atoms with E-state index in [1.165, 1.54) is 0 Å². The Morgan fingerprint density at radius 3 is 2.22 bits per heavy atom. The van der Waals surface area contributed by atoms with Gasteiger partial charge in [-0.25, -0.2) is 0 Å². The topological polar surface area (TPSA) is 26.3 Å². The van der Waals surface area contributed by atoms with Crippen molar-refractivity contribution in [2.45, 2.75) is 36.7 Å². The molecule has 0 bridgehead atoms. The summed E-state index contributed by atoms with van der Waals surface area (Å²) < 4.78 is 6.45. The van der Waals surface area contributed by atoms with Crippen LogP contribution in [0, 0.1) is 0 Å². The molecule has 4 heteroatoms. The van der Waals surface area contributed by atoms with Crippen molar-refractivity contribution in [3.63, 3.8) is 0 Å². The third-order valence-corrected chi connectivity index (χ3v) is 5.25. The molecule has 0 aliphatic carbocycles. The molecule has 0 fully saturated rings. The van der Waals surface area contributed by atoms with Gasteiger partial charge in [0.2, 0.25) is 0 Å². The summed E-state index contributed by atoms with van der Waals surface area (Å²) in [6, 6.07) is 25.8. The van der Waals surface area contributed by atoms with Gasteiger partial charge in [0.25, 0.3) is 0 Å². The van der Waals surface area contributed by atoms with E-state index in [2.05, 4.69) is 28.1 Å². The third-order valence-electron chi connectivity index (χ3n) is 3.59. The maximum Gasteiger partial charge on any atom is 0.310 e. The minimum absolute atomic E-state index is 0.215. The first-order chi connectivity index (χ1) is 13.2. The molecule has 0 radical (unpaired) electrons. The minimum atomic E-state index is -0.215. The monoisotopic (exact) mass is 442 g/mol. The van der Waals surface area contributed by atoms with Crippen molar-refractivity contribution in [1.82, 2.24) is 0 Å². The molecule has 0 aromatic heterocycles. The summed E-state index contributed by atoms with van der Waals surface area (Å²) >= 11 is 5.09. The van der Waals surface area contributed by atoms with Gasteiger partial charge in [-0.1, -0.05) is 90.1 Å². The summed E-state index contributed by atoms with van der Waals surface area (Å²) in [6.07, 6.45) is 0.270. The van der Waals surface area contributed by atoms with Gasteiger partial charge >= 0.3 is 5.97 Å². The zero-order valence-corrected chi connectivity index (χ0v) is 17.9. The molecule has 0 atom stereocenters. The molecule has 3 aromatic rings. The largest absolute Gasteiger partial charge is 0.461 e. The number of rotatable bonds is 6. The molecule has 0 unspecified atom stereocenters. The summed E-state index contributed by atoms with van der Waals surface area (Å²) in [5.41, 5.74) is 1.97. The normalized spacial score (nSPS) is 9.89. The van der Waals surface area contributed by atoms with Crippen LogP contribution < -0.4 is 0 Å². The molecule has 0 N–H and O–H groups in total. The smallest absolute Gasteiger partial charge is 0.310 e. The highest BCUT2D eigenvalue weighted by Gasteiger charge is 2.10. The second-order valence-corrected chi connectivity index (χ2v) is 7.52. The number of esters is 1. The molecule has 27 heavy (non-hydrogen) atoms. The summed E-state index contributed by atoms with van der Waals surface area (Å²) in [4.78, 5) is 14.4. The first-order valence-electron chi connectivity index (χ1n) is 8.91. The van der Waals surface area contributed by atoms with E-state index in [0.29, 0.717) is 6.61 Å². The van der Waals surface area contributed by atoms with Crippen LogP contribution in [-0.2, 0) is 22.6 Å². The van der Waals surface area contributed by atoms with Crippen LogP contribution in [0.3, 0.4) is 0 Å². The third kappa shape index (κ3) is 7.24. The molecule has 3 rings (SSSR count). The predicted molar refractivity (Wildman–Crippen MR) is 116 cm³/mol. The second-order valence-electron chi connectivity index (χ2n) is 5.49. The summed E-state index contributed by atoms with van der Waals surface area (Å²) in [7, 11) is 0. The fourth-order valence-electron chi connectivity index (χ4n) is 2.32. The van der Waals surface area contributed by atoms with E-state index in [0.717, 1.165) is 25.4 Å². The molecule has 0 heterocycles. The lowest BCUT2D eigenvalue weighted by molar-refractivity contribution is -0.144. The fourth-order valence-corrected chi connectivity index (χ4v) is 3.53. The van der Waals surface area contributed by atoms with Crippen molar-refractivity contribution < 1.29 is 9.53 Å². The molecule has 3 aromatic carbocycles. The van der Waals surface area contributed by atoms with Gasteiger partial charge in [0, 0.05) is 14.3 Å². The number of carbonyl (C=O) groups is 1. The van der Waals surface area contributed by atoms with Crippen LogP contribution in [-0.4, -0.2) is 5.97 Å². The van der Waals surface area contributed by atoms with Crippen molar-refractivity contribution >= 4 is 33.7 Å². The van der Waals surface area contributed by atoms with Crippen LogP contribution >= 0.6 is 27.7 Å². The Balaban J connectivity index is 0.00000126. The molecule has 140 valence electrons. The molecule has 0 saturated heterocycles. The van der Waals surface area contributed by atoms with Gasteiger partial charge in [-0.15, -0.1) is 0 Å². The van der Waals surface area contributed by atoms with Crippen molar-refractivity contribution in [2.75, 3.05) is 0 Å². The van der Waals surface area contributed by atoms with Crippen LogP contribution in [0.5, 0.6) is 0 Å². The molecule has 0 spiro atoms. The van der Waals surface area contributed by atoms with Gasteiger partial charge in [-0.2, -0.15) is 0 Å². The highest BCUT2D eigenvalue weighted by Crippen LogP contribution is 2.31. The lowest BCUT2D eigenvalue weighted by Gasteiger charge is -2.10. The van der Waals surface area contributed by atoms with Crippen molar-refractivity contribution in [1.29, 1.82) is 0 Å². The van der Waals surface area contributed by atoms with Gasteiger partial charge in [-0.05, 0) is 41.5 Å². The van der Waals surface area contributed by atoms with Crippen LogP contribution in [0.4, 0.5) is 0 Å². The Labute approximate surface area is 174 Å². The Morgan fingerprint density at radius 1 is 0.889 bits per heavy atom. The molecular formula is C23H23BrO2S. The first kappa shape index (κ1) is 21.3. The van der Waals surface area contributed by atoms with E-state index in [-0.39, 0.29) is 12.4 Å². The first-order valence-corrected chi connectivity index (χ1v) is 10.5. The lowest BCUT2D eigenvalue weighted by Crippen LogP contribution is -2.08. The maximum absolute atomic E-state index is 12.2. The molecule has 0 aliphatic heterocycles. The second kappa shape index (κ2) is 11.6. The van der Waals surface area contributed by atoms with Crippen molar-refractivity contribution in [3.05, 3.63) is 94.5 Å². The van der Waals surface area contributed by atoms with Gasteiger partial charge < -0.3 is 4.74 Å². The number of hydrogen-bond acceptors (Lipinski definition) is 3. The Kier molecular flexibility index (Phi) is 9.16. The number of carbonyl (C=O) groups excluding carboxylic acids is 1. The Morgan fingerprint density at radius 2 is 1.52 bits per heavy atom. The van der Waals surface area contributed by atoms with Gasteiger partial charge in [-0.3, -0.25) is 4.79 Å². The average molecular weight is 443 g/mol. The molecule has 2 nitrogen and oxygen atoms in total. The van der Waals surface area contributed by atoms with E-state index < -0.39 is 0 Å². The van der Waals surface area contributed by atoms with Crippen LogP contribution in [0.1, 0.15) is 25.0 Å². The Hall–Kier alpha value is -2.04. The lowest BCUT2D eigenvalue weighted by atomic mass is 10.1. The van der Waals surface area contributed by atoms with Gasteiger partial charge in [0.15, 0.2) is 0 Å². The SMILES string of the molecule is CC.O=C(Cc1ccccc1Sc1ccc(Br)cc1)OCc1ccccc1. The average Bonchev–Trinajstić information content (AvgIpc) is 2.72. The van der Waals surface area contributed by atoms with Crippen molar-refractivity contribution in [3.8, 4) is 0 Å². The highest BCUT2D eigenvalue weighted by molar-refractivity contribution is 9.10. The van der Waals surface area contributed by atoms with E-state index in [4.69, 9.17) is 4.74 Å². The van der Waals surface area contributed by atoms with E-state index in [9.17, 15) is 4.79 Å². The number of ether oxygens (including phenoxy) is 1. The molecule has 0 aliphatic rings. The minimum Gasteiger partial charge on any atom is -0.461 e. The van der Waals surface area contributed by atoms with E-state index >= 15 is 0 Å². The quantitative estimate of drug-likeness (QED) is 0.387. The molecule has 0 saturated carbocycles. The standard InChI is InChI=1S/C21H17BrO2S.C2H6/c22-18-10-12-19(13-11-18)25-20-9-5-4-8-17(20)14-21(23)24-15-16-6-2-1-3-7-16;1-2/h1-13H,14-15H2;1-2H3. The zero-order chi connectivity index (χ0) is 19.5. The fraction of sp³-hybridized carbons (Fsp3) is 0.174. The molecule has 0 amide bonds. The Bertz CT molecular complexity index is 833. The number of halogens is 1. The van der Waals surface area contributed by atoms with Crippen LogP contribution in [0.2, 0.25) is 0 Å². The zero-order valence-electron chi connectivity index (χ0n) is 15.5. The van der Waals surface area contributed by atoms with Gasteiger partial charge in [0.05, 0.1) is 6.42 Å². The van der Waals surface area contributed by atoms with Crippen LogP contribution in [0.15, 0.2) is 93.1 Å². The highest BCUT2D eigenvalue weighted by atomic mass is 79.9. The molecular weight excluding hydrogens is 420 g/mol. The van der Waals surface area contributed by atoms with E-state index in [1.807, 2.05) is 80.6 Å². The van der Waals surface area contributed by atoms with Crippen molar-refractivity contribution in [2.24, 2.45) is 0 Å². The predicted octanol–water partition coefficient (Wildman–Crippen LogP) is 6.91. The summed E-state index contributed by atoms with van der Waals surface area (Å²) in [5.74, 6) is -0.215. The summed E-state index contributed by atoms with van der Waals surface area (Å²) in [6.45, 7) is 4.31. The van der Waals surface area contributed by atoms with E-state index in [1.54, 1.807) is 11.8 Å². The van der Waals surface area contributed by atoms with Crippen LogP contribution in [0.25, 0.3) is 0 Å². The number of hydrogen-bond donors (Lipinski definition) is 0. The number of benzene rings is 3. The maximum atomic E-state index is 12.2. The summed E-state index contributed by atoms with van der Waals surface area (Å²) in [5, 5.41) is 0. The van der Waals surface area contributed by atoms with Gasteiger partial charge in [0.1, 0.15) is 6.61 Å².